The molecule has 1 aliphatic heterocycles. The van der Waals surface area contributed by atoms with E-state index in [0.29, 0.717) is 35.6 Å². The highest BCUT2D eigenvalue weighted by atomic mass is 16.2. The van der Waals surface area contributed by atoms with Gasteiger partial charge in [0, 0.05) is 43.8 Å². The van der Waals surface area contributed by atoms with Gasteiger partial charge >= 0.3 is 0 Å². The smallest absolute Gasteiger partial charge is 0.289 e. The van der Waals surface area contributed by atoms with E-state index in [1.807, 2.05) is 0 Å². The summed E-state index contributed by atoms with van der Waals surface area (Å²) in [6.07, 6.45) is 1.50. The summed E-state index contributed by atoms with van der Waals surface area (Å²) in [5.41, 5.74) is 0.997. The fourth-order valence-electron chi connectivity index (χ4n) is 4.16. The third-order valence-electron chi connectivity index (χ3n) is 6.55. The van der Waals surface area contributed by atoms with Gasteiger partial charge in [0.05, 0.1) is 30.7 Å². The van der Waals surface area contributed by atoms with E-state index in [9.17, 15) is 28.8 Å². The highest BCUT2D eigenvalue weighted by molar-refractivity contribution is 6.37. The van der Waals surface area contributed by atoms with E-state index in [1.54, 1.807) is 35.2 Å². The zero-order valence-corrected chi connectivity index (χ0v) is 22.9. The van der Waals surface area contributed by atoms with Gasteiger partial charge in [-0.25, -0.2) is 0 Å². The molecular weight excluding hydrogens is 518 g/mol. The Balaban J connectivity index is 1.35. The number of ketones is 1. The van der Waals surface area contributed by atoms with Crippen LogP contribution in [0.2, 0.25) is 0 Å². The molecule has 214 valence electrons. The van der Waals surface area contributed by atoms with Crippen molar-refractivity contribution in [3.05, 3.63) is 42.1 Å². The molecule has 1 aromatic heterocycles. The molecule has 0 bridgehead atoms. The number of rotatable bonds is 11. The van der Waals surface area contributed by atoms with Crippen molar-refractivity contribution in [3.8, 4) is 0 Å². The van der Waals surface area contributed by atoms with E-state index in [1.165, 1.54) is 13.1 Å². The summed E-state index contributed by atoms with van der Waals surface area (Å²) in [6, 6.07) is 7.99. The van der Waals surface area contributed by atoms with Crippen molar-refractivity contribution < 1.29 is 28.8 Å². The number of amides is 5. The summed E-state index contributed by atoms with van der Waals surface area (Å²) in [5, 5.41) is 10.1. The molecule has 2 heterocycles. The molecule has 0 aliphatic carbocycles. The Kier molecular flexibility index (Phi) is 10.6. The van der Waals surface area contributed by atoms with Gasteiger partial charge in [0.15, 0.2) is 0 Å². The van der Waals surface area contributed by atoms with Crippen molar-refractivity contribution in [2.75, 3.05) is 45.8 Å². The molecule has 1 aromatic carbocycles. The first-order valence-corrected chi connectivity index (χ1v) is 13.1. The van der Waals surface area contributed by atoms with Crippen LogP contribution in [0.25, 0.3) is 10.9 Å². The number of hydrogen-bond acceptors (Lipinski definition) is 8. The van der Waals surface area contributed by atoms with Crippen LogP contribution in [-0.4, -0.2) is 108 Å². The van der Waals surface area contributed by atoms with Gasteiger partial charge in [-0.05, 0) is 32.9 Å². The number of carbonyl (C=O) groups excluding carboxylic acids is 6. The van der Waals surface area contributed by atoms with Crippen molar-refractivity contribution in [3.63, 3.8) is 0 Å². The fourth-order valence-corrected chi connectivity index (χ4v) is 4.16. The maximum Gasteiger partial charge on any atom is 0.289 e. The lowest BCUT2D eigenvalue weighted by molar-refractivity contribution is -0.140. The first-order chi connectivity index (χ1) is 19.1. The SMILES string of the molecule is CC(C)N1CCN(C(=O)CNC(=O)C(=O)CNC(=O)[C@H](C)NC(=O)CNC(=O)c2ccnc3ccccc23)CC1. The molecule has 0 saturated carbocycles. The van der Waals surface area contributed by atoms with Crippen LogP contribution in [-0.2, 0) is 24.0 Å². The monoisotopic (exact) mass is 553 g/mol. The second-order valence-electron chi connectivity index (χ2n) is 9.68. The minimum Gasteiger partial charge on any atom is -0.347 e. The standard InChI is InChI=1S/C27H35N7O6/c1-17(2)33-10-12-34(13-11-33)24(37)16-31-27(40)22(35)14-29-25(38)18(3)32-23(36)15-30-26(39)20-8-9-28-21-7-5-4-6-19(20)21/h4-9,17-18H,10-16H2,1-3H3,(H,29,38)(H,30,39)(H,31,40)(H,32,36)/t18-/m0/s1. The third kappa shape index (κ3) is 8.30. The zero-order valence-electron chi connectivity index (χ0n) is 22.9. The molecule has 0 radical (unpaired) electrons. The number of hydrogen-bond donors (Lipinski definition) is 4. The van der Waals surface area contributed by atoms with Crippen LogP contribution in [0.5, 0.6) is 0 Å². The second kappa shape index (κ2) is 14.1. The van der Waals surface area contributed by atoms with Crippen LogP contribution in [0.15, 0.2) is 36.5 Å². The number of Topliss-reactive ketones (excluding diaryl/α,β-unsaturated/α-hetero) is 1. The van der Waals surface area contributed by atoms with Crippen LogP contribution in [0.3, 0.4) is 0 Å². The largest absolute Gasteiger partial charge is 0.347 e. The van der Waals surface area contributed by atoms with Crippen LogP contribution >= 0.6 is 0 Å². The predicted octanol–water partition coefficient (Wildman–Crippen LogP) is -1.18. The highest BCUT2D eigenvalue weighted by Gasteiger charge is 2.24. The Bertz CT molecular complexity index is 1270. The maximum absolute atomic E-state index is 12.5. The average molecular weight is 554 g/mol. The number of aromatic nitrogens is 1. The summed E-state index contributed by atoms with van der Waals surface area (Å²) >= 11 is 0. The molecule has 3 rings (SSSR count). The fraction of sp³-hybridized carbons (Fsp3) is 0.444. The van der Waals surface area contributed by atoms with E-state index >= 15 is 0 Å². The first kappa shape index (κ1) is 30.2. The number of para-hydroxylation sites is 1. The van der Waals surface area contributed by atoms with Crippen LogP contribution in [0, 0.1) is 0 Å². The second-order valence-corrected chi connectivity index (χ2v) is 9.68. The van der Waals surface area contributed by atoms with Gasteiger partial charge < -0.3 is 26.2 Å². The molecule has 0 spiro atoms. The lowest BCUT2D eigenvalue weighted by Crippen LogP contribution is -2.53. The molecule has 1 aliphatic rings. The number of nitrogens with one attached hydrogen (secondary N) is 4. The number of nitrogens with zero attached hydrogens (tertiary/aromatic N) is 3. The number of pyridine rings is 1. The molecule has 1 atom stereocenters. The Morgan fingerprint density at radius 2 is 1.55 bits per heavy atom. The quantitative estimate of drug-likeness (QED) is 0.252. The molecule has 2 aromatic rings. The topological polar surface area (TPSA) is 170 Å². The summed E-state index contributed by atoms with van der Waals surface area (Å²) in [4.78, 5) is 81.7. The van der Waals surface area contributed by atoms with E-state index in [4.69, 9.17) is 0 Å². The van der Waals surface area contributed by atoms with Gasteiger partial charge in [0.2, 0.25) is 23.5 Å². The summed E-state index contributed by atoms with van der Waals surface area (Å²) in [6.45, 7) is 6.85. The molecule has 1 fully saturated rings. The van der Waals surface area contributed by atoms with E-state index < -0.39 is 42.0 Å². The zero-order chi connectivity index (χ0) is 29.2. The van der Waals surface area contributed by atoms with Crippen LogP contribution in [0.1, 0.15) is 31.1 Å². The highest BCUT2D eigenvalue weighted by Crippen LogP contribution is 2.15. The predicted molar refractivity (Wildman–Crippen MR) is 146 cm³/mol. The molecule has 13 nitrogen and oxygen atoms in total. The van der Waals surface area contributed by atoms with Crippen LogP contribution in [0.4, 0.5) is 0 Å². The summed E-state index contributed by atoms with van der Waals surface area (Å²) in [7, 11) is 0. The Morgan fingerprint density at radius 1 is 0.850 bits per heavy atom. The average Bonchev–Trinajstić information content (AvgIpc) is 2.96. The number of piperazine rings is 1. The number of benzene rings is 1. The molecule has 40 heavy (non-hydrogen) atoms. The third-order valence-corrected chi connectivity index (χ3v) is 6.55. The van der Waals surface area contributed by atoms with E-state index in [0.717, 1.165) is 13.1 Å². The maximum atomic E-state index is 12.5. The molecule has 4 N–H and O–H groups in total. The van der Waals surface area contributed by atoms with E-state index in [-0.39, 0.29) is 19.0 Å². The Labute approximate surface area is 232 Å². The van der Waals surface area contributed by atoms with Crippen molar-refractivity contribution in [1.82, 2.24) is 36.1 Å². The normalized spacial score (nSPS) is 14.3. The summed E-state index contributed by atoms with van der Waals surface area (Å²) in [5.74, 6) is -3.99. The van der Waals surface area contributed by atoms with Gasteiger partial charge in [-0.15, -0.1) is 0 Å². The van der Waals surface area contributed by atoms with Crippen molar-refractivity contribution >= 4 is 46.2 Å². The lowest BCUT2D eigenvalue weighted by Gasteiger charge is -2.36. The molecule has 5 amide bonds. The first-order valence-electron chi connectivity index (χ1n) is 13.1. The van der Waals surface area contributed by atoms with Crippen LogP contribution < -0.4 is 21.3 Å². The van der Waals surface area contributed by atoms with Crippen molar-refractivity contribution in [1.29, 1.82) is 0 Å². The minimum atomic E-state index is -1.03. The van der Waals surface area contributed by atoms with E-state index in [2.05, 4.69) is 45.0 Å². The van der Waals surface area contributed by atoms with Gasteiger partial charge in [0.1, 0.15) is 6.04 Å². The molecule has 0 unspecified atom stereocenters. The summed E-state index contributed by atoms with van der Waals surface area (Å²) < 4.78 is 0. The minimum absolute atomic E-state index is 0.283. The van der Waals surface area contributed by atoms with Gasteiger partial charge in [-0.1, -0.05) is 18.2 Å². The molecule has 13 heteroatoms. The van der Waals surface area contributed by atoms with Crippen molar-refractivity contribution in [2.45, 2.75) is 32.9 Å². The lowest BCUT2D eigenvalue weighted by atomic mass is 10.1. The van der Waals surface area contributed by atoms with Gasteiger partial charge in [0.25, 0.3) is 11.8 Å². The number of fused-ring (bicyclic) bond motifs is 1. The van der Waals surface area contributed by atoms with Crippen molar-refractivity contribution in [2.24, 2.45) is 0 Å². The van der Waals surface area contributed by atoms with Gasteiger partial charge in [-0.2, -0.15) is 0 Å². The number of carbonyl (C=O) groups is 6. The Hall–Kier alpha value is -4.39. The Morgan fingerprint density at radius 3 is 2.25 bits per heavy atom. The van der Waals surface area contributed by atoms with Gasteiger partial charge in [-0.3, -0.25) is 38.7 Å². The molecule has 1 saturated heterocycles. The molecular formula is C27H35N7O6.